The first kappa shape index (κ1) is 16.1. The summed E-state index contributed by atoms with van der Waals surface area (Å²) in [5.41, 5.74) is 3.82. The number of rotatable bonds is 3. The number of aryl methyl sites for hydroxylation is 1. The SMILES string of the molecule is Cc1cccc(NC(=O)N[C@@H]2CC(=O)N(c3ccccc3)C2)c1C. The first-order chi connectivity index (χ1) is 11.5. The van der Waals surface area contributed by atoms with Crippen LogP contribution in [0, 0.1) is 13.8 Å². The van der Waals surface area contributed by atoms with Gasteiger partial charge in [0.25, 0.3) is 0 Å². The summed E-state index contributed by atoms with van der Waals surface area (Å²) < 4.78 is 0. The molecule has 0 unspecified atom stereocenters. The van der Waals surface area contributed by atoms with Crippen LogP contribution in [-0.4, -0.2) is 24.5 Å². The molecule has 5 nitrogen and oxygen atoms in total. The zero-order valence-corrected chi connectivity index (χ0v) is 13.9. The van der Waals surface area contributed by atoms with Crippen LogP contribution in [0.2, 0.25) is 0 Å². The molecule has 0 aliphatic carbocycles. The number of nitrogens with zero attached hydrogens (tertiary/aromatic N) is 1. The van der Waals surface area contributed by atoms with Crippen molar-refractivity contribution in [1.82, 2.24) is 5.32 Å². The van der Waals surface area contributed by atoms with Crippen LogP contribution >= 0.6 is 0 Å². The van der Waals surface area contributed by atoms with Crippen molar-refractivity contribution in [3.05, 3.63) is 59.7 Å². The van der Waals surface area contributed by atoms with E-state index in [0.717, 1.165) is 22.5 Å². The minimum atomic E-state index is -0.281. The molecule has 124 valence electrons. The lowest BCUT2D eigenvalue weighted by atomic mass is 10.1. The van der Waals surface area contributed by atoms with Crippen molar-refractivity contribution >= 4 is 23.3 Å². The van der Waals surface area contributed by atoms with Gasteiger partial charge in [-0.15, -0.1) is 0 Å². The zero-order valence-electron chi connectivity index (χ0n) is 13.9. The maximum atomic E-state index is 12.2. The molecule has 2 aromatic carbocycles. The molecule has 0 bridgehead atoms. The van der Waals surface area contributed by atoms with E-state index in [0.29, 0.717) is 13.0 Å². The van der Waals surface area contributed by atoms with Crippen molar-refractivity contribution in [2.75, 3.05) is 16.8 Å². The Morgan fingerprint density at radius 2 is 1.83 bits per heavy atom. The third-order valence-corrected chi connectivity index (χ3v) is 4.38. The second-order valence-corrected chi connectivity index (χ2v) is 6.09. The van der Waals surface area contributed by atoms with E-state index in [2.05, 4.69) is 10.6 Å². The Kier molecular flexibility index (Phi) is 4.51. The van der Waals surface area contributed by atoms with E-state index >= 15 is 0 Å². The molecular formula is C19H21N3O2. The lowest BCUT2D eigenvalue weighted by Crippen LogP contribution is -2.39. The molecule has 2 aromatic rings. The molecular weight excluding hydrogens is 302 g/mol. The summed E-state index contributed by atoms with van der Waals surface area (Å²) in [7, 11) is 0. The van der Waals surface area contributed by atoms with Crippen LogP contribution in [0.3, 0.4) is 0 Å². The van der Waals surface area contributed by atoms with E-state index in [9.17, 15) is 9.59 Å². The number of carbonyl (C=O) groups is 2. The standard InChI is InChI=1S/C19H21N3O2/c1-13-7-6-10-17(14(13)2)21-19(24)20-15-11-18(23)22(12-15)16-8-4-3-5-9-16/h3-10,15H,11-12H2,1-2H3,(H2,20,21,24)/t15-/m1/s1. The number of benzene rings is 2. The maximum absolute atomic E-state index is 12.2. The Morgan fingerprint density at radius 1 is 1.08 bits per heavy atom. The zero-order chi connectivity index (χ0) is 17.1. The fourth-order valence-electron chi connectivity index (χ4n) is 2.89. The number of hydrogen-bond donors (Lipinski definition) is 2. The molecule has 24 heavy (non-hydrogen) atoms. The highest BCUT2D eigenvalue weighted by molar-refractivity contribution is 5.97. The number of carbonyl (C=O) groups excluding carboxylic acids is 2. The molecule has 1 aliphatic heterocycles. The average Bonchev–Trinajstić information content (AvgIpc) is 2.93. The predicted molar refractivity (Wildman–Crippen MR) is 95.3 cm³/mol. The molecule has 0 spiro atoms. The molecule has 2 N–H and O–H groups in total. The van der Waals surface area contributed by atoms with Crippen LogP contribution in [0.4, 0.5) is 16.2 Å². The smallest absolute Gasteiger partial charge is 0.319 e. The van der Waals surface area contributed by atoms with Crippen molar-refractivity contribution < 1.29 is 9.59 Å². The van der Waals surface area contributed by atoms with E-state index in [1.165, 1.54) is 0 Å². The molecule has 1 fully saturated rings. The van der Waals surface area contributed by atoms with E-state index in [1.807, 2.05) is 62.4 Å². The summed E-state index contributed by atoms with van der Waals surface area (Å²) in [6.45, 7) is 4.47. The minimum Gasteiger partial charge on any atom is -0.333 e. The Balaban J connectivity index is 1.62. The fourth-order valence-corrected chi connectivity index (χ4v) is 2.89. The third kappa shape index (κ3) is 3.40. The number of anilines is 2. The van der Waals surface area contributed by atoms with Crippen molar-refractivity contribution in [3.8, 4) is 0 Å². The van der Waals surface area contributed by atoms with Gasteiger partial charge in [-0.2, -0.15) is 0 Å². The van der Waals surface area contributed by atoms with Crippen LogP contribution in [0.25, 0.3) is 0 Å². The predicted octanol–water partition coefficient (Wildman–Crippen LogP) is 3.23. The molecule has 0 radical (unpaired) electrons. The van der Waals surface area contributed by atoms with Crippen molar-refractivity contribution in [2.24, 2.45) is 0 Å². The van der Waals surface area contributed by atoms with Crippen molar-refractivity contribution in [3.63, 3.8) is 0 Å². The van der Waals surface area contributed by atoms with Gasteiger partial charge in [-0.05, 0) is 43.2 Å². The van der Waals surface area contributed by atoms with Gasteiger partial charge in [-0.3, -0.25) is 4.79 Å². The average molecular weight is 323 g/mol. The molecule has 1 aliphatic rings. The van der Waals surface area contributed by atoms with Gasteiger partial charge in [0.15, 0.2) is 0 Å². The molecule has 1 heterocycles. The summed E-state index contributed by atoms with van der Waals surface area (Å²) >= 11 is 0. The number of amides is 3. The molecule has 1 saturated heterocycles. The van der Waals surface area contributed by atoms with Crippen molar-refractivity contribution in [1.29, 1.82) is 0 Å². The van der Waals surface area contributed by atoms with Gasteiger partial charge < -0.3 is 15.5 Å². The maximum Gasteiger partial charge on any atom is 0.319 e. The Morgan fingerprint density at radius 3 is 2.58 bits per heavy atom. The molecule has 1 atom stereocenters. The summed E-state index contributed by atoms with van der Waals surface area (Å²) in [4.78, 5) is 26.1. The lowest BCUT2D eigenvalue weighted by Gasteiger charge is -2.17. The summed E-state index contributed by atoms with van der Waals surface area (Å²) in [5, 5.41) is 5.76. The Labute approximate surface area is 141 Å². The first-order valence-electron chi connectivity index (χ1n) is 8.04. The topological polar surface area (TPSA) is 61.4 Å². The number of para-hydroxylation sites is 1. The van der Waals surface area contributed by atoms with Gasteiger partial charge in [0.05, 0.1) is 6.04 Å². The van der Waals surface area contributed by atoms with Crippen LogP contribution in [0.1, 0.15) is 17.5 Å². The highest BCUT2D eigenvalue weighted by atomic mass is 16.2. The minimum absolute atomic E-state index is 0.0261. The quantitative estimate of drug-likeness (QED) is 0.911. The summed E-state index contributed by atoms with van der Waals surface area (Å²) in [6.07, 6.45) is 0.315. The van der Waals surface area contributed by atoms with Gasteiger partial charge >= 0.3 is 6.03 Å². The molecule has 5 heteroatoms. The number of nitrogens with one attached hydrogen (secondary N) is 2. The van der Waals surface area contributed by atoms with E-state index in [4.69, 9.17) is 0 Å². The third-order valence-electron chi connectivity index (χ3n) is 4.38. The summed E-state index contributed by atoms with van der Waals surface area (Å²) in [6, 6.07) is 14.8. The van der Waals surface area contributed by atoms with Gasteiger partial charge in [0, 0.05) is 24.3 Å². The summed E-state index contributed by atoms with van der Waals surface area (Å²) in [5.74, 6) is 0.0261. The van der Waals surface area contributed by atoms with Gasteiger partial charge in [0.1, 0.15) is 0 Å². The Bertz CT molecular complexity index is 758. The van der Waals surface area contributed by atoms with Gasteiger partial charge in [-0.1, -0.05) is 30.3 Å². The van der Waals surface area contributed by atoms with Crippen LogP contribution in [-0.2, 0) is 4.79 Å². The fraction of sp³-hybridized carbons (Fsp3) is 0.263. The highest BCUT2D eigenvalue weighted by Crippen LogP contribution is 2.21. The second kappa shape index (κ2) is 6.74. The number of hydrogen-bond acceptors (Lipinski definition) is 2. The van der Waals surface area contributed by atoms with Crippen LogP contribution in [0.15, 0.2) is 48.5 Å². The van der Waals surface area contributed by atoms with E-state index in [-0.39, 0.29) is 18.0 Å². The van der Waals surface area contributed by atoms with E-state index in [1.54, 1.807) is 4.90 Å². The number of urea groups is 1. The second-order valence-electron chi connectivity index (χ2n) is 6.09. The molecule has 3 rings (SSSR count). The van der Waals surface area contributed by atoms with Gasteiger partial charge in [-0.25, -0.2) is 4.79 Å². The Hall–Kier alpha value is -2.82. The largest absolute Gasteiger partial charge is 0.333 e. The van der Waals surface area contributed by atoms with Crippen molar-refractivity contribution in [2.45, 2.75) is 26.3 Å². The molecule has 0 aromatic heterocycles. The van der Waals surface area contributed by atoms with E-state index < -0.39 is 0 Å². The van der Waals surface area contributed by atoms with Crippen LogP contribution < -0.4 is 15.5 Å². The molecule has 3 amide bonds. The highest BCUT2D eigenvalue weighted by Gasteiger charge is 2.31. The normalized spacial score (nSPS) is 17.0. The molecule has 0 saturated carbocycles. The lowest BCUT2D eigenvalue weighted by molar-refractivity contribution is -0.117. The van der Waals surface area contributed by atoms with Gasteiger partial charge in [0.2, 0.25) is 5.91 Å². The van der Waals surface area contributed by atoms with Crippen LogP contribution in [0.5, 0.6) is 0 Å². The first-order valence-corrected chi connectivity index (χ1v) is 8.04. The monoisotopic (exact) mass is 323 g/mol.